The third kappa shape index (κ3) is 6.14. The van der Waals surface area contributed by atoms with Gasteiger partial charge < -0.3 is 10.6 Å². The smallest absolute Gasteiger partial charge is 0.261 e. The lowest BCUT2D eigenvalue weighted by Crippen LogP contribution is -2.50. The molecule has 8 heteroatoms. The third-order valence-electron chi connectivity index (χ3n) is 6.10. The molecule has 1 fully saturated rings. The van der Waals surface area contributed by atoms with Gasteiger partial charge in [0.15, 0.2) is 0 Å². The minimum Gasteiger partial charge on any atom is -0.351 e. The van der Waals surface area contributed by atoms with E-state index < -0.39 is 23.7 Å². The van der Waals surface area contributed by atoms with Crippen LogP contribution in [0.4, 0.5) is 10.1 Å². The SMILES string of the molecule is O=C(NCC(=O)N(c1ccccc1F)[C@H](C(=O)NC1CCCCC1)c1ccccc1)c1cccs1. The molecule has 182 valence electrons. The highest BCUT2D eigenvalue weighted by molar-refractivity contribution is 7.12. The van der Waals surface area contributed by atoms with Crippen molar-refractivity contribution in [3.63, 3.8) is 0 Å². The van der Waals surface area contributed by atoms with Crippen molar-refractivity contribution < 1.29 is 18.8 Å². The van der Waals surface area contributed by atoms with Crippen LogP contribution in [0.2, 0.25) is 0 Å². The minimum atomic E-state index is -1.10. The van der Waals surface area contributed by atoms with Crippen molar-refractivity contribution in [1.82, 2.24) is 10.6 Å². The Bertz CT molecular complexity index is 1150. The first kappa shape index (κ1) is 24.6. The van der Waals surface area contributed by atoms with Crippen molar-refractivity contribution in [2.75, 3.05) is 11.4 Å². The number of hydrogen-bond donors (Lipinski definition) is 2. The molecule has 0 radical (unpaired) electrons. The average molecular weight is 494 g/mol. The summed E-state index contributed by atoms with van der Waals surface area (Å²) in [5.41, 5.74) is 0.539. The molecule has 0 saturated heterocycles. The molecule has 3 amide bonds. The third-order valence-corrected chi connectivity index (χ3v) is 6.97. The molecule has 1 heterocycles. The first-order chi connectivity index (χ1) is 17.0. The number of benzene rings is 2. The molecule has 4 rings (SSSR count). The van der Waals surface area contributed by atoms with Crippen LogP contribution in [-0.4, -0.2) is 30.3 Å². The molecule has 1 aromatic heterocycles. The molecule has 35 heavy (non-hydrogen) atoms. The predicted molar refractivity (Wildman–Crippen MR) is 135 cm³/mol. The van der Waals surface area contributed by atoms with Crippen LogP contribution < -0.4 is 15.5 Å². The summed E-state index contributed by atoms with van der Waals surface area (Å²) in [6, 6.07) is 17.0. The molecule has 0 bridgehead atoms. The van der Waals surface area contributed by atoms with E-state index in [0.717, 1.165) is 37.0 Å². The number of carbonyl (C=O) groups excluding carboxylic acids is 3. The van der Waals surface area contributed by atoms with E-state index in [1.807, 2.05) is 6.07 Å². The fourth-order valence-electron chi connectivity index (χ4n) is 4.38. The van der Waals surface area contributed by atoms with E-state index in [1.165, 1.54) is 29.5 Å². The van der Waals surface area contributed by atoms with E-state index >= 15 is 4.39 Å². The molecule has 1 aliphatic rings. The second-order valence-corrected chi connectivity index (χ2v) is 9.48. The lowest BCUT2D eigenvalue weighted by Gasteiger charge is -2.33. The highest BCUT2D eigenvalue weighted by Crippen LogP contribution is 2.31. The standard InChI is InChI=1S/C27H28FN3O3S/c28-21-14-7-8-15-22(21)31(24(32)18-29-26(33)23-16-9-17-35-23)25(19-10-3-1-4-11-19)27(34)30-20-12-5-2-6-13-20/h1,3-4,7-11,14-17,20,25H,2,5-6,12-13,18H2,(H,29,33)(H,30,34)/t25-/m0/s1. The van der Waals surface area contributed by atoms with Crippen LogP contribution in [0.3, 0.4) is 0 Å². The van der Waals surface area contributed by atoms with Crippen molar-refractivity contribution in [2.24, 2.45) is 0 Å². The second-order valence-electron chi connectivity index (χ2n) is 8.53. The minimum absolute atomic E-state index is 0.0126. The normalized spacial score (nSPS) is 14.7. The van der Waals surface area contributed by atoms with Crippen molar-refractivity contribution in [1.29, 1.82) is 0 Å². The molecule has 0 unspecified atom stereocenters. The summed E-state index contributed by atoms with van der Waals surface area (Å²) in [5, 5.41) is 7.46. The Kier molecular flexibility index (Phi) is 8.26. The number of para-hydroxylation sites is 1. The Morgan fingerprint density at radius 1 is 0.943 bits per heavy atom. The van der Waals surface area contributed by atoms with Crippen molar-refractivity contribution in [3.05, 3.63) is 88.4 Å². The van der Waals surface area contributed by atoms with Crippen LogP contribution in [0.15, 0.2) is 72.1 Å². The van der Waals surface area contributed by atoms with Gasteiger partial charge in [0, 0.05) is 6.04 Å². The molecule has 1 atom stereocenters. The quantitative estimate of drug-likeness (QED) is 0.471. The van der Waals surface area contributed by atoms with E-state index in [-0.39, 0.29) is 24.2 Å². The van der Waals surface area contributed by atoms with Gasteiger partial charge in [-0.2, -0.15) is 0 Å². The first-order valence-electron chi connectivity index (χ1n) is 11.8. The maximum atomic E-state index is 15.0. The zero-order chi connectivity index (χ0) is 24.6. The van der Waals surface area contributed by atoms with Gasteiger partial charge in [0.25, 0.3) is 5.91 Å². The number of halogens is 1. The van der Waals surface area contributed by atoms with Crippen molar-refractivity contribution in [2.45, 2.75) is 44.2 Å². The van der Waals surface area contributed by atoms with Crippen LogP contribution in [0, 0.1) is 5.82 Å². The summed E-state index contributed by atoms with van der Waals surface area (Å²) in [7, 11) is 0. The number of anilines is 1. The van der Waals surface area contributed by atoms with Gasteiger partial charge in [0.1, 0.15) is 11.9 Å². The van der Waals surface area contributed by atoms with Crippen LogP contribution >= 0.6 is 11.3 Å². The van der Waals surface area contributed by atoms with E-state index in [4.69, 9.17) is 0 Å². The molecule has 6 nitrogen and oxygen atoms in total. The molecule has 1 saturated carbocycles. The van der Waals surface area contributed by atoms with Gasteiger partial charge in [0.2, 0.25) is 11.8 Å². The summed E-state index contributed by atoms with van der Waals surface area (Å²) < 4.78 is 15.0. The average Bonchev–Trinajstić information content (AvgIpc) is 3.42. The van der Waals surface area contributed by atoms with Crippen molar-refractivity contribution in [3.8, 4) is 0 Å². The number of nitrogens with zero attached hydrogens (tertiary/aromatic N) is 1. The Labute approximate surface area is 208 Å². The number of thiophene rings is 1. The molecule has 2 N–H and O–H groups in total. The molecule has 2 aromatic carbocycles. The number of carbonyl (C=O) groups is 3. The topological polar surface area (TPSA) is 78.5 Å². The lowest BCUT2D eigenvalue weighted by atomic mass is 9.94. The first-order valence-corrected chi connectivity index (χ1v) is 12.7. The maximum absolute atomic E-state index is 15.0. The van der Waals surface area contributed by atoms with E-state index in [1.54, 1.807) is 47.8 Å². The molecular formula is C27H28FN3O3S. The van der Waals surface area contributed by atoms with E-state index in [9.17, 15) is 14.4 Å². The van der Waals surface area contributed by atoms with Gasteiger partial charge in [-0.25, -0.2) is 4.39 Å². The molecular weight excluding hydrogens is 465 g/mol. The Hall–Kier alpha value is -3.52. The Balaban J connectivity index is 1.67. The second kappa shape index (κ2) is 11.8. The number of nitrogens with one attached hydrogen (secondary N) is 2. The zero-order valence-electron chi connectivity index (χ0n) is 19.3. The van der Waals surface area contributed by atoms with Crippen LogP contribution in [0.1, 0.15) is 53.4 Å². The fourth-order valence-corrected chi connectivity index (χ4v) is 5.02. The van der Waals surface area contributed by atoms with Crippen LogP contribution in [0.25, 0.3) is 0 Å². The Morgan fingerprint density at radius 2 is 1.66 bits per heavy atom. The monoisotopic (exact) mass is 493 g/mol. The van der Waals surface area contributed by atoms with Crippen molar-refractivity contribution >= 4 is 34.7 Å². The molecule has 3 aromatic rings. The lowest BCUT2D eigenvalue weighted by molar-refractivity contribution is -0.127. The number of amides is 3. The summed E-state index contributed by atoms with van der Waals surface area (Å²) >= 11 is 1.26. The molecule has 0 spiro atoms. The Morgan fingerprint density at radius 3 is 2.34 bits per heavy atom. The summed E-state index contributed by atoms with van der Waals surface area (Å²) in [6.07, 6.45) is 4.95. The zero-order valence-corrected chi connectivity index (χ0v) is 20.1. The van der Waals surface area contributed by atoms with Gasteiger partial charge in [-0.05, 0) is 42.0 Å². The summed E-state index contributed by atoms with van der Waals surface area (Å²) in [4.78, 5) is 41.3. The van der Waals surface area contributed by atoms with E-state index in [2.05, 4.69) is 10.6 Å². The summed E-state index contributed by atoms with van der Waals surface area (Å²) in [6.45, 7) is -0.384. The number of rotatable bonds is 8. The largest absolute Gasteiger partial charge is 0.351 e. The molecule has 1 aliphatic carbocycles. The molecule has 0 aliphatic heterocycles. The van der Waals surface area contributed by atoms with E-state index in [0.29, 0.717) is 10.4 Å². The highest BCUT2D eigenvalue weighted by Gasteiger charge is 2.35. The highest BCUT2D eigenvalue weighted by atomic mass is 32.1. The van der Waals surface area contributed by atoms with Gasteiger partial charge in [-0.3, -0.25) is 19.3 Å². The number of hydrogen-bond acceptors (Lipinski definition) is 4. The fraction of sp³-hybridized carbons (Fsp3) is 0.296. The maximum Gasteiger partial charge on any atom is 0.261 e. The van der Waals surface area contributed by atoms with Crippen LogP contribution in [0.5, 0.6) is 0 Å². The predicted octanol–water partition coefficient (Wildman–Crippen LogP) is 4.84. The van der Waals surface area contributed by atoms with Gasteiger partial charge in [-0.15, -0.1) is 11.3 Å². The van der Waals surface area contributed by atoms with Gasteiger partial charge in [-0.1, -0.05) is 67.8 Å². The van der Waals surface area contributed by atoms with Gasteiger partial charge >= 0.3 is 0 Å². The summed E-state index contributed by atoms with van der Waals surface area (Å²) in [5.74, 6) is -1.99. The van der Waals surface area contributed by atoms with Gasteiger partial charge in [0.05, 0.1) is 17.1 Å². The van der Waals surface area contributed by atoms with Crippen LogP contribution in [-0.2, 0) is 9.59 Å².